The molecule has 0 aliphatic carbocycles. The van der Waals surface area contributed by atoms with Crippen LogP contribution in [-0.4, -0.2) is 33.9 Å². The number of rotatable bonds is 4. The Labute approximate surface area is 149 Å². The fourth-order valence-corrected chi connectivity index (χ4v) is 4.00. The van der Waals surface area contributed by atoms with Crippen molar-refractivity contribution in [3.05, 3.63) is 53.1 Å². The van der Waals surface area contributed by atoms with E-state index in [1.807, 2.05) is 0 Å². The van der Waals surface area contributed by atoms with Crippen molar-refractivity contribution in [3.8, 4) is 11.5 Å². The van der Waals surface area contributed by atoms with Gasteiger partial charge in [0.2, 0.25) is 0 Å². The van der Waals surface area contributed by atoms with E-state index in [1.54, 1.807) is 14.2 Å². The van der Waals surface area contributed by atoms with Crippen LogP contribution >= 0.6 is 0 Å². The number of nitrogens with one attached hydrogen (secondary N) is 1. The van der Waals surface area contributed by atoms with Crippen LogP contribution in [0, 0.1) is 0 Å². The highest BCUT2D eigenvalue weighted by Crippen LogP contribution is 2.34. The first-order valence-electron chi connectivity index (χ1n) is 9.08. The van der Waals surface area contributed by atoms with Crippen LogP contribution in [0.3, 0.4) is 0 Å². The summed E-state index contributed by atoms with van der Waals surface area (Å²) in [6, 6.07) is 13.4. The zero-order chi connectivity index (χ0) is 17.2. The van der Waals surface area contributed by atoms with E-state index in [-0.39, 0.29) is 0 Å². The molecule has 1 fully saturated rings. The van der Waals surface area contributed by atoms with Crippen LogP contribution < -0.4 is 19.7 Å². The Balaban J connectivity index is 1.53. The summed E-state index contributed by atoms with van der Waals surface area (Å²) in [6.45, 7) is 4.20. The van der Waals surface area contributed by atoms with Crippen molar-refractivity contribution in [1.82, 2.24) is 5.32 Å². The fourth-order valence-electron chi connectivity index (χ4n) is 4.00. The molecule has 25 heavy (non-hydrogen) atoms. The Hall–Kier alpha value is -2.20. The number of fused-ring (bicyclic) bond motifs is 1. The van der Waals surface area contributed by atoms with Gasteiger partial charge in [-0.2, -0.15) is 0 Å². The van der Waals surface area contributed by atoms with E-state index in [0.717, 1.165) is 44.1 Å². The number of ether oxygens (including phenoxy) is 2. The van der Waals surface area contributed by atoms with Crippen molar-refractivity contribution in [1.29, 1.82) is 0 Å². The lowest BCUT2D eigenvalue weighted by atomic mass is 9.96. The topological polar surface area (TPSA) is 33.7 Å². The molecular weight excluding hydrogens is 312 g/mol. The summed E-state index contributed by atoms with van der Waals surface area (Å²) in [5.74, 6) is 2.31. The van der Waals surface area contributed by atoms with Gasteiger partial charge in [-0.15, -0.1) is 0 Å². The summed E-state index contributed by atoms with van der Waals surface area (Å²) < 4.78 is 10.9. The number of benzene rings is 2. The van der Waals surface area contributed by atoms with Crippen LogP contribution in [0.5, 0.6) is 11.5 Å². The first-order valence-corrected chi connectivity index (χ1v) is 9.08. The SMILES string of the molecule is COc1cc2c(cc1OC)CN(c1ccc(C3CCNC3)cc1)CC2. The molecule has 0 saturated carbocycles. The largest absolute Gasteiger partial charge is 0.493 e. The van der Waals surface area contributed by atoms with Crippen molar-refractivity contribution < 1.29 is 9.47 Å². The molecule has 4 nitrogen and oxygen atoms in total. The summed E-state index contributed by atoms with van der Waals surface area (Å²) in [5.41, 5.74) is 5.45. The van der Waals surface area contributed by atoms with Gasteiger partial charge in [0, 0.05) is 25.3 Å². The quantitative estimate of drug-likeness (QED) is 0.927. The smallest absolute Gasteiger partial charge is 0.161 e. The molecule has 2 aromatic rings. The van der Waals surface area contributed by atoms with Gasteiger partial charge in [0.15, 0.2) is 11.5 Å². The molecule has 0 spiro atoms. The normalized spacial score (nSPS) is 19.6. The third-order valence-corrected chi connectivity index (χ3v) is 5.51. The predicted octanol–water partition coefficient (Wildman–Crippen LogP) is 3.34. The second-order valence-electron chi connectivity index (χ2n) is 6.93. The zero-order valence-corrected chi connectivity index (χ0v) is 15.0. The maximum atomic E-state index is 5.47. The summed E-state index contributed by atoms with van der Waals surface area (Å²) in [6.07, 6.45) is 2.28. The molecule has 4 rings (SSSR count). The van der Waals surface area contributed by atoms with Gasteiger partial charge >= 0.3 is 0 Å². The van der Waals surface area contributed by atoms with Crippen LogP contribution in [0.25, 0.3) is 0 Å². The minimum Gasteiger partial charge on any atom is -0.493 e. The van der Waals surface area contributed by atoms with E-state index in [0.29, 0.717) is 5.92 Å². The zero-order valence-electron chi connectivity index (χ0n) is 15.0. The van der Waals surface area contributed by atoms with Crippen molar-refractivity contribution in [3.63, 3.8) is 0 Å². The fraction of sp³-hybridized carbons (Fsp3) is 0.429. The monoisotopic (exact) mass is 338 g/mol. The third-order valence-electron chi connectivity index (χ3n) is 5.51. The highest BCUT2D eigenvalue weighted by molar-refractivity contribution is 5.54. The molecule has 2 heterocycles. The van der Waals surface area contributed by atoms with Gasteiger partial charge in [-0.3, -0.25) is 0 Å². The Bertz CT molecular complexity index is 736. The molecule has 0 bridgehead atoms. The van der Waals surface area contributed by atoms with Crippen LogP contribution in [-0.2, 0) is 13.0 Å². The van der Waals surface area contributed by atoms with E-state index in [2.05, 4.69) is 46.6 Å². The first kappa shape index (κ1) is 16.3. The number of methoxy groups -OCH3 is 2. The van der Waals surface area contributed by atoms with Gasteiger partial charge in [-0.1, -0.05) is 12.1 Å². The number of anilines is 1. The van der Waals surface area contributed by atoms with E-state index in [1.165, 1.54) is 28.8 Å². The Morgan fingerprint density at radius 3 is 2.36 bits per heavy atom. The minimum atomic E-state index is 0.674. The molecule has 1 unspecified atom stereocenters. The molecule has 1 saturated heterocycles. The summed E-state index contributed by atoms with van der Waals surface area (Å²) in [5, 5.41) is 3.45. The van der Waals surface area contributed by atoms with Crippen molar-refractivity contribution >= 4 is 5.69 Å². The minimum absolute atomic E-state index is 0.674. The molecule has 1 atom stereocenters. The van der Waals surface area contributed by atoms with Gasteiger partial charge in [-0.05, 0) is 66.3 Å². The van der Waals surface area contributed by atoms with Gasteiger partial charge < -0.3 is 19.7 Å². The molecule has 0 aromatic heterocycles. The number of nitrogens with zero attached hydrogens (tertiary/aromatic N) is 1. The molecular formula is C21H26N2O2. The molecule has 2 aliphatic heterocycles. The second-order valence-corrected chi connectivity index (χ2v) is 6.93. The first-order chi connectivity index (χ1) is 12.3. The predicted molar refractivity (Wildman–Crippen MR) is 101 cm³/mol. The van der Waals surface area contributed by atoms with E-state index >= 15 is 0 Å². The van der Waals surface area contributed by atoms with Crippen molar-refractivity contribution in [2.75, 3.05) is 38.8 Å². The molecule has 1 N–H and O–H groups in total. The van der Waals surface area contributed by atoms with Crippen LogP contribution in [0.4, 0.5) is 5.69 Å². The molecule has 132 valence electrons. The summed E-state index contributed by atoms with van der Waals surface area (Å²) >= 11 is 0. The van der Waals surface area contributed by atoms with Crippen molar-refractivity contribution in [2.24, 2.45) is 0 Å². The van der Waals surface area contributed by atoms with Crippen molar-refractivity contribution in [2.45, 2.75) is 25.3 Å². The van der Waals surface area contributed by atoms with Crippen LogP contribution in [0.1, 0.15) is 29.0 Å². The lowest BCUT2D eigenvalue weighted by Crippen LogP contribution is -2.30. The molecule has 0 radical (unpaired) electrons. The van der Waals surface area contributed by atoms with Gasteiger partial charge in [-0.25, -0.2) is 0 Å². The molecule has 4 heteroatoms. The Morgan fingerprint density at radius 2 is 1.72 bits per heavy atom. The highest BCUT2D eigenvalue weighted by atomic mass is 16.5. The maximum Gasteiger partial charge on any atom is 0.161 e. The number of hydrogen-bond donors (Lipinski definition) is 1. The van der Waals surface area contributed by atoms with E-state index in [9.17, 15) is 0 Å². The van der Waals surface area contributed by atoms with E-state index < -0.39 is 0 Å². The lowest BCUT2D eigenvalue weighted by Gasteiger charge is -2.31. The molecule has 2 aromatic carbocycles. The average molecular weight is 338 g/mol. The van der Waals surface area contributed by atoms with Crippen LogP contribution in [0.15, 0.2) is 36.4 Å². The highest BCUT2D eigenvalue weighted by Gasteiger charge is 2.21. The van der Waals surface area contributed by atoms with E-state index in [4.69, 9.17) is 9.47 Å². The number of hydrogen-bond acceptors (Lipinski definition) is 4. The Kier molecular flexibility index (Phi) is 4.53. The molecule has 2 aliphatic rings. The maximum absolute atomic E-state index is 5.47. The Morgan fingerprint density at radius 1 is 1.00 bits per heavy atom. The third kappa shape index (κ3) is 3.19. The lowest BCUT2D eigenvalue weighted by molar-refractivity contribution is 0.353. The molecule has 0 amide bonds. The van der Waals surface area contributed by atoms with Gasteiger partial charge in [0.25, 0.3) is 0 Å². The summed E-state index contributed by atoms with van der Waals surface area (Å²) in [7, 11) is 3.39. The summed E-state index contributed by atoms with van der Waals surface area (Å²) in [4.78, 5) is 2.45. The second kappa shape index (κ2) is 6.96. The van der Waals surface area contributed by atoms with Crippen LogP contribution in [0.2, 0.25) is 0 Å². The average Bonchev–Trinajstić information content (AvgIpc) is 3.21. The van der Waals surface area contributed by atoms with Gasteiger partial charge in [0.1, 0.15) is 0 Å². The van der Waals surface area contributed by atoms with Gasteiger partial charge in [0.05, 0.1) is 14.2 Å². The standard InChI is InChI=1S/C21H26N2O2/c1-24-20-11-16-8-10-23(14-18(16)12-21(20)25-2)19-5-3-15(4-6-19)17-7-9-22-13-17/h3-6,11-12,17,22H,7-10,13-14H2,1-2H3.